The highest BCUT2D eigenvalue weighted by Crippen LogP contribution is 2.27. The summed E-state index contributed by atoms with van der Waals surface area (Å²) < 4.78 is 0. The molecule has 3 aromatic heterocycles. The van der Waals surface area contributed by atoms with E-state index in [1.54, 1.807) is 5.38 Å². The summed E-state index contributed by atoms with van der Waals surface area (Å²) in [4.78, 5) is 24.2. The molecular formula is C16H12N4OS2. The van der Waals surface area contributed by atoms with E-state index in [0.29, 0.717) is 10.8 Å². The lowest BCUT2D eigenvalue weighted by atomic mass is 10.2. The van der Waals surface area contributed by atoms with Gasteiger partial charge in [0.25, 0.3) is 5.91 Å². The molecular weight excluding hydrogens is 328 g/mol. The molecule has 0 fully saturated rings. The van der Waals surface area contributed by atoms with E-state index >= 15 is 0 Å². The smallest absolute Gasteiger partial charge is 0.276 e. The molecule has 2 N–H and O–H groups in total. The van der Waals surface area contributed by atoms with Crippen molar-refractivity contribution in [2.24, 2.45) is 0 Å². The number of benzene rings is 1. The molecule has 0 aliphatic heterocycles. The molecule has 114 valence electrons. The van der Waals surface area contributed by atoms with Gasteiger partial charge in [-0.15, -0.1) is 22.7 Å². The fourth-order valence-corrected chi connectivity index (χ4v) is 3.72. The van der Waals surface area contributed by atoms with Crippen LogP contribution in [0.4, 0.5) is 5.13 Å². The Morgan fingerprint density at radius 3 is 2.83 bits per heavy atom. The van der Waals surface area contributed by atoms with Crippen LogP contribution in [0, 0.1) is 6.92 Å². The molecule has 0 unspecified atom stereocenters. The van der Waals surface area contributed by atoms with Gasteiger partial charge in [0, 0.05) is 21.7 Å². The minimum absolute atomic E-state index is 0.238. The van der Waals surface area contributed by atoms with Crippen LogP contribution >= 0.6 is 22.7 Å². The van der Waals surface area contributed by atoms with E-state index in [1.165, 1.54) is 22.7 Å². The minimum atomic E-state index is -0.238. The van der Waals surface area contributed by atoms with E-state index in [4.69, 9.17) is 0 Å². The number of carbonyl (C=O) groups excluding carboxylic acids is 1. The number of anilines is 1. The molecule has 3 heterocycles. The highest BCUT2D eigenvalue weighted by molar-refractivity contribution is 7.14. The molecule has 0 atom stereocenters. The van der Waals surface area contributed by atoms with Gasteiger partial charge in [-0.25, -0.2) is 9.97 Å². The van der Waals surface area contributed by atoms with Gasteiger partial charge in [-0.3, -0.25) is 10.1 Å². The second kappa shape index (κ2) is 5.60. The number of hydrogen-bond acceptors (Lipinski definition) is 5. The first-order valence-electron chi connectivity index (χ1n) is 6.96. The summed E-state index contributed by atoms with van der Waals surface area (Å²) in [6.45, 7) is 1.89. The molecule has 0 spiro atoms. The minimum Gasteiger partial charge on any atom is -0.353 e. The second-order valence-electron chi connectivity index (χ2n) is 5.06. The molecule has 0 bridgehead atoms. The van der Waals surface area contributed by atoms with Crippen molar-refractivity contribution in [3.63, 3.8) is 0 Å². The molecule has 0 saturated carbocycles. The monoisotopic (exact) mass is 340 g/mol. The summed E-state index contributed by atoms with van der Waals surface area (Å²) in [7, 11) is 0. The highest BCUT2D eigenvalue weighted by Gasteiger charge is 2.14. The lowest BCUT2D eigenvalue weighted by molar-refractivity contribution is 0.102. The fraction of sp³-hybridized carbons (Fsp3) is 0.0625. The topological polar surface area (TPSA) is 70.7 Å². The Labute approximate surface area is 140 Å². The quantitative estimate of drug-likeness (QED) is 0.584. The SMILES string of the molecule is Cc1csc(NC(=O)c2csc(-c3cc4ccccc4[nH]3)n2)n1. The Morgan fingerprint density at radius 1 is 1.17 bits per heavy atom. The van der Waals surface area contributed by atoms with Gasteiger partial charge in [-0.1, -0.05) is 18.2 Å². The number of aryl methyl sites for hydroxylation is 1. The van der Waals surface area contributed by atoms with E-state index < -0.39 is 0 Å². The van der Waals surface area contributed by atoms with Crippen LogP contribution in [0.15, 0.2) is 41.1 Å². The van der Waals surface area contributed by atoms with E-state index in [0.717, 1.165) is 27.3 Å². The van der Waals surface area contributed by atoms with Crippen molar-refractivity contribution in [1.82, 2.24) is 15.0 Å². The predicted octanol–water partition coefficient (Wildman–Crippen LogP) is 4.31. The molecule has 0 aliphatic carbocycles. The predicted molar refractivity (Wildman–Crippen MR) is 94.2 cm³/mol. The Balaban J connectivity index is 1.59. The molecule has 23 heavy (non-hydrogen) atoms. The number of carbonyl (C=O) groups is 1. The summed E-state index contributed by atoms with van der Waals surface area (Å²) in [5.74, 6) is -0.238. The first kappa shape index (κ1) is 14.1. The number of nitrogens with zero attached hydrogens (tertiary/aromatic N) is 2. The Kier molecular flexibility index (Phi) is 3.44. The number of thiazole rings is 2. The zero-order chi connectivity index (χ0) is 15.8. The number of nitrogens with one attached hydrogen (secondary N) is 2. The molecule has 7 heteroatoms. The molecule has 0 aliphatic rings. The van der Waals surface area contributed by atoms with E-state index in [1.807, 2.05) is 42.6 Å². The summed E-state index contributed by atoms with van der Waals surface area (Å²) in [6.07, 6.45) is 0. The van der Waals surface area contributed by atoms with Gasteiger partial charge in [0.1, 0.15) is 10.7 Å². The number of hydrogen-bond donors (Lipinski definition) is 2. The first-order chi connectivity index (χ1) is 11.2. The number of aromatic amines is 1. The van der Waals surface area contributed by atoms with Gasteiger partial charge in [0.2, 0.25) is 0 Å². The van der Waals surface area contributed by atoms with Crippen LogP contribution in [0.25, 0.3) is 21.6 Å². The van der Waals surface area contributed by atoms with Crippen molar-refractivity contribution >= 4 is 44.6 Å². The lowest BCUT2D eigenvalue weighted by Gasteiger charge is -1.97. The lowest BCUT2D eigenvalue weighted by Crippen LogP contribution is -2.12. The maximum atomic E-state index is 12.2. The largest absolute Gasteiger partial charge is 0.353 e. The fourth-order valence-electron chi connectivity index (χ4n) is 2.26. The maximum Gasteiger partial charge on any atom is 0.276 e. The van der Waals surface area contributed by atoms with Gasteiger partial charge >= 0.3 is 0 Å². The Morgan fingerprint density at radius 2 is 2.04 bits per heavy atom. The normalized spacial score (nSPS) is 11.0. The van der Waals surface area contributed by atoms with Crippen molar-refractivity contribution in [3.8, 4) is 10.7 Å². The number of para-hydroxylation sites is 1. The van der Waals surface area contributed by atoms with Crippen LogP contribution in [0.5, 0.6) is 0 Å². The van der Waals surface area contributed by atoms with Crippen molar-refractivity contribution in [2.45, 2.75) is 6.92 Å². The van der Waals surface area contributed by atoms with Crippen molar-refractivity contribution in [3.05, 3.63) is 52.5 Å². The van der Waals surface area contributed by atoms with Gasteiger partial charge in [0.15, 0.2) is 5.13 Å². The molecule has 4 rings (SSSR count). The van der Waals surface area contributed by atoms with Gasteiger partial charge in [-0.2, -0.15) is 0 Å². The third kappa shape index (κ3) is 2.76. The number of fused-ring (bicyclic) bond motifs is 1. The van der Waals surface area contributed by atoms with E-state index in [9.17, 15) is 4.79 Å². The van der Waals surface area contributed by atoms with Crippen LogP contribution in [-0.2, 0) is 0 Å². The molecule has 0 saturated heterocycles. The van der Waals surface area contributed by atoms with Crippen LogP contribution in [0.2, 0.25) is 0 Å². The summed E-state index contributed by atoms with van der Waals surface area (Å²) in [5.41, 5.74) is 3.26. The zero-order valence-electron chi connectivity index (χ0n) is 12.2. The van der Waals surface area contributed by atoms with Crippen molar-refractivity contribution in [1.29, 1.82) is 0 Å². The summed E-state index contributed by atoms with van der Waals surface area (Å²) >= 11 is 2.85. The van der Waals surface area contributed by atoms with Crippen LogP contribution in [0.3, 0.4) is 0 Å². The number of H-pyrrole nitrogens is 1. The van der Waals surface area contributed by atoms with Crippen molar-refractivity contribution < 1.29 is 4.79 Å². The van der Waals surface area contributed by atoms with Gasteiger partial charge < -0.3 is 4.98 Å². The second-order valence-corrected chi connectivity index (χ2v) is 6.77. The molecule has 5 nitrogen and oxygen atoms in total. The summed E-state index contributed by atoms with van der Waals surface area (Å²) in [5, 5.41) is 8.94. The Hall–Kier alpha value is -2.51. The third-order valence-electron chi connectivity index (χ3n) is 3.34. The maximum absolute atomic E-state index is 12.2. The standard InChI is InChI=1S/C16H12N4OS2/c1-9-7-23-16(17-9)20-14(21)13-8-22-15(19-13)12-6-10-4-2-3-5-11(10)18-12/h2-8,18H,1H3,(H,17,20,21). The van der Waals surface area contributed by atoms with Gasteiger partial charge in [-0.05, 0) is 19.1 Å². The van der Waals surface area contributed by atoms with E-state index in [-0.39, 0.29) is 5.91 Å². The number of rotatable bonds is 3. The molecule has 4 aromatic rings. The summed E-state index contributed by atoms with van der Waals surface area (Å²) in [6, 6.07) is 10.1. The van der Waals surface area contributed by atoms with E-state index in [2.05, 4.69) is 20.3 Å². The average molecular weight is 340 g/mol. The zero-order valence-corrected chi connectivity index (χ0v) is 13.8. The van der Waals surface area contributed by atoms with Crippen molar-refractivity contribution in [2.75, 3.05) is 5.32 Å². The Bertz CT molecular complexity index is 965. The van der Waals surface area contributed by atoms with Gasteiger partial charge in [0.05, 0.1) is 11.4 Å². The molecule has 1 aromatic carbocycles. The van der Waals surface area contributed by atoms with Crippen LogP contribution in [0.1, 0.15) is 16.2 Å². The molecule has 1 amide bonds. The van der Waals surface area contributed by atoms with Crippen LogP contribution in [-0.4, -0.2) is 20.9 Å². The third-order valence-corrected chi connectivity index (χ3v) is 5.09. The highest BCUT2D eigenvalue weighted by atomic mass is 32.1. The molecule has 0 radical (unpaired) electrons. The number of amides is 1. The average Bonchev–Trinajstić information content (AvgIpc) is 3.25. The number of aromatic nitrogens is 3. The first-order valence-corrected chi connectivity index (χ1v) is 8.72. The van der Waals surface area contributed by atoms with Crippen LogP contribution < -0.4 is 5.32 Å².